The molecule has 0 aliphatic rings. The van der Waals surface area contributed by atoms with Gasteiger partial charge in [0.1, 0.15) is 11.9 Å². The van der Waals surface area contributed by atoms with Gasteiger partial charge in [0.15, 0.2) is 0 Å². The molecule has 0 heterocycles. The van der Waals surface area contributed by atoms with E-state index < -0.39 is 12.0 Å². The molecule has 5 nitrogen and oxygen atoms in total. The van der Waals surface area contributed by atoms with Gasteiger partial charge in [0.25, 0.3) is 5.91 Å². The molecule has 1 aromatic carbocycles. The van der Waals surface area contributed by atoms with Crippen molar-refractivity contribution in [3.8, 4) is 5.75 Å². The van der Waals surface area contributed by atoms with E-state index in [1.807, 2.05) is 0 Å². The molecule has 0 bridgehead atoms. The van der Waals surface area contributed by atoms with E-state index in [2.05, 4.69) is 10.5 Å². The lowest BCUT2D eigenvalue weighted by Gasteiger charge is -2.01. The first kappa shape index (κ1) is 11.2. The first-order valence-corrected chi connectivity index (χ1v) is 4.40. The van der Waals surface area contributed by atoms with Crippen molar-refractivity contribution in [1.82, 2.24) is 5.43 Å². The summed E-state index contributed by atoms with van der Waals surface area (Å²) in [5, 5.41) is 21.7. The molecule has 80 valence electrons. The minimum absolute atomic E-state index is 0.0764. The standard InChI is InChI=1S/C10H12N2O3/c1-7(13)10(15)12-11-6-8-4-2-3-5-9(8)14/h2-7,13-14H,1H3,(H,12,15)/b11-6+. The number of nitrogens with zero attached hydrogens (tertiary/aromatic N) is 1. The predicted molar refractivity (Wildman–Crippen MR) is 55.5 cm³/mol. The zero-order chi connectivity index (χ0) is 11.3. The molecular weight excluding hydrogens is 196 g/mol. The maximum Gasteiger partial charge on any atom is 0.268 e. The van der Waals surface area contributed by atoms with Crippen molar-refractivity contribution in [1.29, 1.82) is 0 Å². The summed E-state index contributed by atoms with van der Waals surface area (Å²) in [6, 6.07) is 6.57. The fourth-order valence-corrected chi connectivity index (χ4v) is 0.856. The van der Waals surface area contributed by atoms with Crippen LogP contribution in [-0.2, 0) is 4.79 Å². The molecule has 15 heavy (non-hydrogen) atoms. The van der Waals surface area contributed by atoms with Gasteiger partial charge < -0.3 is 10.2 Å². The van der Waals surface area contributed by atoms with Crippen LogP contribution in [0.1, 0.15) is 12.5 Å². The topological polar surface area (TPSA) is 81.9 Å². The van der Waals surface area contributed by atoms with Gasteiger partial charge in [0.05, 0.1) is 6.21 Å². The van der Waals surface area contributed by atoms with E-state index in [-0.39, 0.29) is 5.75 Å². The first-order chi connectivity index (χ1) is 7.11. The third-order valence-electron chi connectivity index (χ3n) is 1.69. The summed E-state index contributed by atoms with van der Waals surface area (Å²) < 4.78 is 0. The van der Waals surface area contributed by atoms with Gasteiger partial charge in [-0.05, 0) is 19.1 Å². The average molecular weight is 208 g/mol. The highest BCUT2D eigenvalue weighted by Crippen LogP contribution is 2.12. The number of rotatable bonds is 3. The van der Waals surface area contributed by atoms with Crippen LogP contribution in [0, 0.1) is 0 Å². The molecule has 0 saturated carbocycles. The van der Waals surface area contributed by atoms with Gasteiger partial charge in [-0.1, -0.05) is 12.1 Å². The zero-order valence-corrected chi connectivity index (χ0v) is 8.21. The van der Waals surface area contributed by atoms with Gasteiger partial charge in [0.2, 0.25) is 0 Å². The Kier molecular flexibility index (Phi) is 3.82. The second-order valence-electron chi connectivity index (χ2n) is 2.97. The van der Waals surface area contributed by atoms with Crippen molar-refractivity contribution < 1.29 is 15.0 Å². The SMILES string of the molecule is CC(O)C(=O)N/N=C/c1ccccc1O. The lowest BCUT2D eigenvalue weighted by molar-refractivity contribution is -0.128. The molecule has 0 spiro atoms. The molecule has 0 aliphatic heterocycles. The number of amides is 1. The molecular formula is C10H12N2O3. The molecule has 1 unspecified atom stereocenters. The van der Waals surface area contributed by atoms with E-state index in [1.165, 1.54) is 19.2 Å². The first-order valence-electron chi connectivity index (χ1n) is 4.40. The molecule has 0 aliphatic carbocycles. The third kappa shape index (κ3) is 3.40. The van der Waals surface area contributed by atoms with E-state index in [1.54, 1.807) is 18.2 Å². The van der Waals surface area contributed by atoms with Crippen LogP contribution in [0.4, 0.5) is 0 Å². The summed E-state index contributed by atoms with van der Waals surface area (Å²) in [6.45, 7) is 1.34. The summed E-state index contributed by atoms with van der Waals surface area (Å²) >= 11 is 0. The lowest BCUT2D eigenvalue weighted by atomic mass is 10.2. The second-order valence-corrected chi connectivity index (χ2v) is 2.97. The molecule has 1 atom stereocenters. The minimum Gasteiger partial charge on any atom is -0.507 e. The van der Waals surface area contributed by atoms with Crippen LogP contribution in [-0.4, -0.2) is 28.4 Å². The van der Waals surface area contributed by atoms with Crippen LogP contribution >= 0.6 is 0 Å². The van der Waals surface area contributed by atoms with Crippen molar-refractivity contribution in [2.24, 2.45) is 5.10 Å². The number of hydrazone groups is 1. The number of hydrogen-bond acceptors (Lipinski definition) is 4. The number of phenolic OH excluding ortho intramolecular Hbond substituents is 1. The Morgan fingerprint density at radius 3 is 2.80 bits per heavy atom. The molecule has 0 saturated heterocycles. The Labute approximate surface area is 87.1 Å². The van der Waals surface area contributed by atoms with Gasteiger partial charge in [-0.2, -0.15) is 5.10 Å². The number of carbonyl (C=O) groups is 1. The highest BCUT2D eigenvalue weighted by Gasteiger charge is 2.05. The van der Waals surface area contributed by atoms with Crippen molar-refractivity contribution in [2.45, 2.75) is 13.0 Å². The fourth-order valence-electron chi connectivity index (χ4n) is 0.856. The van der Waals surface area contributed by atoms with Gasteiger partial charge in [0, 0.05) is 5.56 Å². The van der Waals surface area contributed by atoms with Crippen molar-refractivity contribution >= 4 is 12.1 Å². The van der Waals surface area contributed by atoms with Gasteiger partial charge in [-0.15, -0.1) is 0 Å². The fraction of sp³-hybridized carbons (Fsp3) is 0.200. The van der Waals surface area contributed by atoms with E-state index >= 15 is 0 Å². The highest BCUT2D eigenvalue weighted by molar-refractivity contribution is 5.85. The smallest absolute Gasteiger partial charge is 0.268 e. The Balaban J connectivity index is 2.59. The molecule has 5 heteroatoms. The van der Waals surface area contributed by atoms with Crippen molar-refractivity contribution in [3.63, 3.8) is 0 Å². The third-order valence-corrected chi connectivity index (χ3v) is 1.69. The van der Waals surface area contributed by atoms with Crippen molar-refractivity contribution in [2.75, 3.05) is 0 Å². The lowest BCUT2D eigenvalue weighted by Crippen LogP contribution is -2.28. The van der Waals surface area contributed by atoms with Crippen LogP contribution in [0.25, 0.3) is 0 Å². The normalized spacial score (nSPS) is 12.7. The highest BCUT2D eigenvalue weighted by atomic mass is 16.3. The number of phenols is 1. The molecule has 0 fully saturated rings. The Hall–Kier alpha value is -1.88. The van der Waals surface area contributed by atoms with E-state index in [9.17, 15) is 9.90 Å². The summed E-state index contributed by atoms with van der Waals surface area (Å²) in [4.78, 5) is 10.9. The van der Waals surface area contributed by atoms with Gasteiger partial charge in [-0.3, -0.25) is 4.79 Å². The minimum atomic E-state index is -1.11. The van der Waals surface area contributed by atoms with E-state index in [4.69, 9.17) is 5.11 Å². The predicted octanol–water partition coefficient (Wildman–Crippen LogP) is 0.223. The molecule has 1 rings (SSSR count). The number of nitrogens with one attached hydrogen (secondary N) is 1. The van der Waals surface area contributed by atoms with Crippen LogP contribution in [0.3, 0.4) is 0 Å². The van der Waals surface area contributed by atoms with Gasteiger partial charge >= 0.3 is 0 Å². The largest absolute Gasteiger partial charge is 0.507 e. The summed E-state index contributed by atoms with van der Waals surface area (Å²) in [6.07, 6.45) is 0.196. The molecule has 1 amide bonds. The number of benzene rings is 1. The van der Waals surface area contributed by atoms with Crippen LogP contribution in [0.5, 0.6) is 5.75 Å². The molecule has 1 aromatic rings. The molecule has 3 N–H and O–H groups in total. The maximum absolute atomic E-state index is 10.9. The number of aromatic hydroxyl groups is 1. The quantitative estimate of drug-likeness (QED) is 0.491. The number of hydrogen-bond donors (Lipinski definition) is 3. The number of aliphatic hydroxyl groups excluding tert-OH is 1. The molecule has 0 radical (unpaired) electrons. The van der Waals surface area contributed by atoms with E-state index in [0.29, 0.717) is 5.56 Å². The van der Waals surface area contributed by atoms with Gasteiger partial charge in [-0.25, -0.2) is 5.43 Å². The van der Waals surface area contributed by atoms with Crippen molar-refractivity contribution in [3.05, 3.63) is 29.8 Å². The number of aliphatic hydroxyl groups is 1. The number of carbonyl (C=O) groups excluding carboxylic acids is 1. The molecule has 0 aromatic heterocycles. The van der Waals surface area contributed by atoms with Crippen LogP contribution in [0.2, 0.25) is 0 Å². The summed E-state index contributed by atoms with van der Waals surface area (Å²) in [7, 11) is 0. The Bertz CT molecular complexity index is 375. The average Bonchev–Trinajstić information content (AvgIpc) is 2.20. The monoisotopic (exact) mass is 208 g/mol. The van der Waals surface area contributed by atoms with Crippen LogP contribution < -0.4 is 5.43 Å². The zero-order valence-electron chi connectivity index (χ0n) is 8.21. The Morgan fingerprint density at radius 1 is 1.53 bits per heavy atom. The number of para-hydroxylation sites is 1. The maximum atomic E-state index is 10.9. The van der Waals surface area contributed by atoms with Crippen LogP contribution in [0.15, 0.2) is 29.4 Å². The second kappa shape index (κ2) is 5.11. The Morgan fingerprint density at radius 2 is 2.20 bits per heavy atom. The summed E-state index contributed by atoms with van der Waals surface area (Å²) in [5.74, 6) is -0.519. The summed E-state index contributed by atoms with van der Waals surface area (Å²) in [5.41, 5.74) is 2.62. The van der Waals surface area contributed by atoms with E-state index in [0.717, 1.165) is 0 Å².